The van der Waals surface area contributed by atoms with E-state index >= 15 is 0 Å². The molecule has 1 amide bonds. The molecule has 1 heterocycles. The number of anilines is 2. The number of hydrogen-bond donors (Lipinski definition) is 3. The highest BCUT2D eigenvalue weighted by atomic mass is 32.2. The first-order valence-electron chi connectivity index (χ1n) is 18.4. The molecule has 0 fully saturated rings. The van der Waals surface area contributed by atoms with E-state index in [1.807, 2.05) is 30.5 Å². The van der Waals surface area contributed by atoms with Gasteiger partial charge in [-0.25, -0.2) is 4.79 Å². The predicted molar refractivity (Wildman–Crippen MR) is 209 cm³/mol. The highest BCUT2D eigenvalue weighted by Gasteiger charge is 2.39. The molecular formula is C41H54N2O7S2. The monoisotopic (exact) mass is 750 g/mol. The van der Waals surface area contributed by atoms with E-state index in [0.717, 1.165) is 61.3 Å². The average molecular weight is 751 g/mol. The number of hydrogen-bond acceptors (Lipinski definition) is 8. The molecule has 0 saturated heterocycles. The van der Waals surface area contributed by atoms with Gasteiger partial charge in [-0.3, -0.25) is 13.8 Å². The largest absolute Gasteiger partial charge is 0.508 e. The van der Waals surface area contributed by atoms with Crippen LogP contribution in [0.25, 0.3) is 0 Å². The Bertz CT molecular complexity index is 1660. The van der Waals surface area contributed by atoms with Gasteiger partial charge in [0.05, 0.1) is 32.2 Å². The van der Waals surface area contributed by atoms with Crippen molar-refractivity contribution in [1.82, 2.24) is 5.32 Å². The Hall–Kier alpha value is -3.83. The number of carbonyl (C=O) groups excluding carboxylic acids is 2. The summed E-state index contributed by atoms with van der Waals surface area (Å²) in [5.41, 5.74) is 2.49. The minimum Gasteiger partial charge on any atom is -0.508 e. The third-order valence-electron chi connectivity index (χ3n) is 9.87. The van der Waals surface area contributed by atoms with Gasteiger partial charge in [0.1, 0.15) is 24.1 Å². The van der Waals surface area contributed by atoms with Gasteiger partial charge >= 0.3 is 5.97 Å². The maximum atomic E-state index is 14.3. The van der Waals surface area contributed by atoms with Gasteiger partial charge in [0, 0.05) is 29.8 Å². The van der Waals surface area contributed by atoms with E-state index < -0.39 is 34.6 Å². The molecule has 3 atom stereocenters. The molecule has 3 unspecified atom stereocenters. The van der Waals surface area contributed by atoms with Crippen LogP contribution in [0.5, 0.6) is 11.5 Å². The zero-order valence-electron chi connectivity index (χ0n) is 30.9. The Labute approximate surface area is 315 Å². The molecule has 3 N–H and O–H groups in total. The summed E-state index contributed by atoms with van der Waals surface area (Å²) in [6.45, 7) is 6.70. The number of phenolic OH excluding ortho intramolecular Hbond substituents is 1. The molecule has 52 heavy (non-hydrogen) atoms. The second-order valence-corrected chi connectivity index (χ2v) is 16.0. The van der Waals surface area contributed by atoms with E-state index in [9.17, 15) is 28.8 Å². The summed E-state index contributed by atoms with van der Waals surface area (Å²) in [5.74, 6) is -1.24. The molecule has 3 aromatic carbocycles. The molecule has 0 spiro atoms. The lowest BCUT2D eigenvalue weighted by Crippen LogP contribution is -2.42. The number of nitrogens with one attached hydrogen (secondary N) is 1. The van der Waals surface area contributed by atoms with Gasteiger partial charge in [0.25, 0.3) is 0 Å². The Morgan fingerprint density at radius 3 is 2.25 bits per heavy atom. The van der Waals surface area contributed by atoms with E-state index in [2.05, 4.69) is 42.3 Å². The zero-order chi connectivity index (χ0) is 37.7. The molecule has 1 aliphatic heterocycles. The zero-order valence-corrected chi connectivity index (χ0v) is 32.5. The van der Waals surface area contributed by atoms with Crippen LogP contribution in [0.1, 0.15) is 96.5 Å². The van der Waals surface area contributed by atoms with E-state index in [1.54, 1.807) is 19.1 Å². The number of ether oxygens (including phenoxy) is 1. The van der Waals surface area contributed by atoms with Gasteiger partial charge in [0.2, 0.25) is 5.91 Å². The van der Waals surface area contributed by atoms with Crippen LogP contribution in [-0.2, 0) is 25.2 Å². The van der Waals surface area contributed by atoms with Crippen LogP contribution < -0.4 is 15.0 Å². The minimum absolute atomic E-state index is 0.0542. The third-order valence-corrected chi connectivity index (χ3v) is 12.3. The fourth-order valence-corrected chi connectivity index (χ4v) is 9.17. The SMILES string of the molecule is CCCCC1(CCCC)CN(c2ccccc2)c2cc(SC)c(OCC(=O)CCCC(C(=O)NC(CC)C(=O)O)c3ccc(O)cc3)cc2S(=O)C1. The topological polar surface area (TPSA) is 133 Å². The predicted octanol–water partition coefficient (Wildman–Crippen LogP) is 8.62. The summed E-state index contributed by atoms with van der Waals surface area (Å²) in [4.78, 5) is 41.9. The number of nitrogens with zero attached hydrogens (tertiary/aromatic N) is 1. The molecule has 0 aromatic heterocycles. The number of phenols is 1. The number of ketones is 1. The summed E-state index contributed by atoms with van der Waals surface area (Å²) in [6.07, 6.45) is 9.36. The van der Waals surface area contributed by atoms with Crippen LogP contribution in [0.15, 0.2) is 76.5 Å². The molecule has 0 saturated carbocycles. The summed E-state index contributed by atoms with van der Waals surface area (Å²) >= 11 is 1.52. The van der Waals surface area contributed by atoms with Crippen LogP contribution in [0.4, 0.5) is 11.4 Å². The van der Waals surface area contributed by atoms with Gasteiger partial charge in [-0.1, -0.05) is 76.8 Å². The van der Waals surface area contributed by atoms with E-state index in [0.29, 0.717) is 34.8 Å². The number of carboxylic acids is 1. The summed E-state index contributed by atoms with van der Waals surface area (Å²) in [7, 11) is -1.29. The lowest BCUT2D eigenvalue weighted by atomic mass is 9.79. The molecule has 282 valence electrons. The quantitative estimate of drug-likeness (QED) is 0.0971. The molecule has 9 nitrogen and oxygen atoms in total. The Morgan fingerprint density at radius 2 is 1.65 bits per heavy atom. The Balaban J connectivity index is 1.52. The fourth-order valence-electron chi connectivity index (χ4n) is 6.89. The van der Waals surface area contributed by atoms with Crippen LogP contribution in [-0.4, -0.2) is 63.3 Å². The average Bonchev–Trinajstić information content (AvgIpc) is 3.26. The number of rotatable bonds is 20. The normalized spacial score (nSPS) is 16.3. The van der Waals surface area contributed by atoms with Crippen molar-refractivity contribution >= 4 is 51.6 Å². The molecule has 3 aromatic rings. The van der Waals surface area contributed by atoms with Crippen LogP contribution in [0.3, 0.4) is 0 Å². The van der Waals surface area contributed by atoms with Crippen molar-refractivity contribution in [3.05, 3.63) is 72.3 Å². The summed E-state index contributed by atoms with van der Waals surface area (Å²) in [5, 5.41) is 21.8. The second-order valence-electron chi connectivity index (χ2n) is 13.8. The molecule has 11 heteroatoms. The summed E-state index contributed by atoms with van der Waals surface area (Å²) in [6, 6.07) is 19.4. The second kappa shape index (κ2) is 19.9. The number of carbonyl (C=O) groups is 3. The van der Waals surface area contributed by atoms with Crippen molar-refractivity contribution in [2.24, 2.45) is 5.41 Å². The third kappa shape index (κ3) is 10.9. The van der Waals surface area contributed by atoms with Crippen molar-refractivity contribution in [3.8, 4) is 11.5 Å². The number of aromatic hydroxyl groups is 1. The number of amides is 1. The van der Waals surface area contributed by atoms with Gasteiger partial charge in [0.15, 0.2) is 5.78 Å². The van der Waals surface area contributed by atoms with Gasteiger partial charge in [-0.2, -0.15) is 0 Å². The smallest absolute Gasteiger partial charge is 0.326 e. The maximum Gasteiger partial charge on any atom is 0.326 e. The molecule has 4 rings (SSSR count). The number of carboxylic acid groups (broad SMARTS) is 1. The number of Topliss-reactive ketones (excluding diaryl/α,β-unsaturated/α-hetero) is 1. The van der Waals surface area contributed by atoms with Crippen LogP contribution in [0, 0.1) is 5.41 Å². The van der Waals surface area contributed by atoms with Crippen molar-refractivity contribution in [3.63, 3.8) is 0 Å². The molecule has 0 bridgehead atoms. The first-order valence-corrected chi connectivity index (χ1v) is 21.0. The van der Waals surface area contributed by atoms with Gasteiger partial charge < -0.3 is 25.2 Å². The maximum absolute atomic E-state index is 14.3. The number of para-hydroxylation sites is 1. The van der Waals surface area contributed by atoms with E-state index in [4.69, 9.17) is 4.74 Å². The Kier molecular flexibility index (Phi) is 15.6. The highest BCUT2D eigenvalue weighted by Crippen LogP contribution is 2.46. The standard InChI is InChI=1S/C41H54N2O7S2/c1-5-8-22-41(23-9-6-2)27-43(30-14-11-10-12-15-30)35-24-37(51-4)36(25-38(35)52(49)28-41)50-26-32(45)16-13-17-33(29-18-20-31(44)21-19-29)39(46)42-34(7-3)40(47)48/h10-12,14-15,18-21,24-25,33-34,44H,5-9,13,16-17,22-23,26-28H2,1-4H3,(H,42,46)(H,47,48). The summed E-state index contributed by atoms with van der Waals surface area (Å²) < 4.78 is 20.5. The number of thioether (sulfide) groups is 1. The van der Waals surface area contributed by atoms with Crippen LogP contribution >= 0.6 is 11.8 Å². The Morgan fingerprint density at radius 1 is 0.981 bits per heavy atom. The van der Waals surface area contributed by atoms with E-state index in [-0.39, 0.29) is 36.4 Å². The number of fused-ring (bicyclic) bond motifs is 1. The number of aliphatic carboxylic acids is 1. The fraction of sp³-hybridized carbons (Fsp3) is 0.488. The first kappa shape index (κ1) is 40.9. The lowest BCUT2D eigenvalue weighted by Gasteiger charge is -2.37. The van der Waals surface area contributed by atoms with Crippen molar-refractivity contribution in [1.29, 1.82) is 0 Å². The number of benzene rings is 3. The van der Waals surface area contributed by atoms with Crippen molar-refractivity contribution < 1.29 is 33.5 Å². The first-order chi connectivity index (χ1) is 25.0. The highest BCUT2D eigenvalue weighted by molar-refractivity contribution is 7.98. The molecular weight excluding hydrogens is 697 g/mol. The lowest BCUT2D eigenvalue weighted by molar-refractivity contribution is -0.142. The minimum atomic E-state index is -1.29. The number of unbranched alkanes of at least 4 members (excludes halogenated alkanes) is 2. The van der Waals surface area contributed by atoms with Gasteiger partial charge in [-0.15, -0.1) is 11.8 Å². The van der Waals surface area contributed by atoms with Gasteiger partial charge in [-0.05, 0) is 80.3 Å². The van der Waals surface area contributed by atoms with Crippen LogP contribution in [0.2, 0.25) is 0 Å². The molecule has 0 radical (unpaired) electrons. The van der Waals surface area contributed by atoms with Crippen molar-refractivity contribution in [2.75, 3.05) is 30.1 Å². The van der Waals surface area contributed by atoms with Crippen molar-refractivity contribution in [2.45, 2.75) is 107 Å². The molecule has 1 aliphatic rings. The van der Waals surface area contributed by atoms with E-state index in [1.165, 1.54) is 23.9 Å². The molecule has 0 aliphatic carbocycles.